The van der Waals surface area contributed by atoms with Crippen molar-refractivity contribution in [1.82, 2.24) is 4.98 Å². The van der Waals surface area contributed by atoms with Gasteiger partial charge in [0.1, 0.15) is 16.2 Å². The lowest BCUT2D eigenvalue weighted by molar-refractivity contribution is 0.339. The Morgan fingerprint density at radius 3 is 2.65 bits per heavy atom. The monoisotopic (exact) mass is 519 g/mol. The van der Waals surface area contributed by atoms with Crippen LogP contribution in [0.3, 0.4) is 0 Å². The van der Waals surface area contributed by atoms with E-state index in [9.17, 15) is 8.42 Å². The molecule has 0 aliphatic carbocycles. The predicted molar refractivity (Wildman–Crippen MR) is 108 cm³/mol. The van der Waals surface area contributed by atoms with Crippen molar-refractivity contribution < 1.29 is 17.3 Å². The largest absolute Gasteiger partial charge is 0.492 e. The highest BCUT2D eigenvalue weighted by Gasteiger charge is 2.23. The average Bonchev–Trinajstić information content (AvgIpc) is 2.60. The Morgan fingerprint density at radius 2 is 1.92 bits per heavy atom. The number of benzene rings is 2. The number of aromatic nitrogens is 1. The van der Waals surface area contributed by atoms with Gasteiger partial charge in [-0.2, -0.15) is 8.42 Å². The first-order valence-electron chi connectivity index (χ1n) is 7.43. The van der Waals surface area contributed by atoms with Crippen LogP contribution >= 0.6 is 43.5 Å². The van der Waals surface area contributed by atoms with Crippen LogP contribution in [0.25, 0.3) is 10.9 Å². The minimum Gasteiger partial charge on any atom is -0.492 e. The van der Waals surface area contributed by atoms with Gasteiger partial charge in [0.2, 0.25) is 0 Å². The summed E-state index contributed by atoms with van der Waals surface area (Å²) in [5, 5.41) is 1.05. The van der Waals surface area contributed by atoms with Crippen molar-refractivity contribution in [2.24, 2.45) is 0 Å². The molecule has 0 saturated heterocycles. The molecule has 2 aromatic carbocycles. The van der Waals surface area contributed by atoms with E-state index in [1.807, 2.05) is 6.07 Å². The maximum atomic E-state index is 12.8. The molecule has 5 nitrogen and oxygen atoms in total. The highest BCUT2D eigenvalue weighted by atomic mass is 79.9. The van der Waals surface area contributed by atoms with E-state index in [1.54, 1.807) is 25.3 Å². The molecule has 0 unspecified atom stereocenters. The third-order valence-electron chi connectivity index (χ3n) is 3.43. The highest BCUT2D eigenvalue weighted by molar-refractivity contribution is 9.11. The Kier molecular flexibility index (Phi) is 5.76. The van der Waals surface area contributed by atoms with Crippen molar-refractivity contribution in [2.75, 3.05) is 6.61 Å². The number of hydrogen-bond donors (Lipinski definition) is 0. The average molecular weight is 522 g/mol. The van der Waals surface area contributed by atoms with Crippen LogP contribution in [0.1, 0.15) is 6.92 Å². The SMILES string of the molecule is CCOc1cc(S(=O)(=O)Oc2c(Br)cc(Br)c3cccnc23)ccc1Cl. The maximum Gasteiger partial charge on any atom is 0.339 e. The molecule has 0 radical (unpaired) electrons. The van der Waals surface area contributed by atoms with Gasteiger partial charge in [0, 0.05) is 22.1 Å². The Morgan fingerprint density at radius 1 is 1.15 bits per heavy atom. The second-order valence-electron chi connectivity index (χ2n) is 5.13. The summed E-state index contributed by atoms with van der Waals surface area (Å²) in [6.45, 7) is 2.14. The zero-order valence-corrected chi connectivity index (χ0v) is 18.1. The van der Waals surface area contributed by atoms with E-state index in [0.29, 0.717) is 21.6 Å². The molecule has 1 heterocycles. The van der Waals surface area contributed by atoms with E-state index in [1.165, 1.54) is 18.2 Å². The lowest BCUT2D eigenvalue weighted by Gasteiger charge is -2.13. The van der Waals surface area contributed by atoms with E-state index >= 15 is 0 Å². The van der Waals surface area contributed by atoms with Crippen molar-refractivity contribution in [1.29, 1.82) is 0 Å². The quantitative estimate of drug-likeness (QED) is 0.410. The highest BCUT2D eigenvalue weighted by Crippen LogP contribution is 2.39. The van der Waals surface area contributed by atoms with Gasteiger partial charge in [-0.1, -0.05) is 33.6 Å². The van der Waals surface area contributed by atoms with Crippen LogP contribution in [0.4, 0.5) is 0 Å². The number of fused-ring (bicyclic) bond motifs is 1. The summed E-state index contributed by atoms with van der Waals surface area (Å²) < 4.78 is 37.5. The second-order valence-corrected chi connectivity index (χ2v) is 8.79. The lowest BCUT2D eigenvalue weighted by Crippen LogP contribution is -2.11. The molecule has 0 spiro atoms. The number of rotatable bonds is 5. The molecule has 3 aromatic rings. The smallest absolute Gasteiger partial charge is 0.339 e. The third-order valence-corrected chi connectivity index (χ3v) is 6.21. The van der Waals surface area contributed by atoms with Gasteiger partial charge >= 0.3 is 10.1 Å². The molecule has 0 amide bonds. The molecule has 1 aromatic heterocycles. The molecule has 0 aliphatic heterocycles. The molecule has 0 atom stereocenters. The van der Waals surface area contributed by atoms with Gasteiger partial charge in [-0.15, -0.1) is 0 Å². The normalized spacial score (nSPS) is 11.5. The predicted octanol–water partition coefficient (Wildman–Crippen LogP) is 5.58. The van der Waals surface area contributed by atoms with E-state index in [-0.39, 0.29) is 16.4 Å². The summed E-state index contributed by atoms with van der Waals surface area (Å²) in [5.74, 6) is 0.383. The van der Waals surface area contributed by atoms with E-state index in [2.05, 4.69) is 36.8 Å². The van der Waals surface area contributed by atoms with Crippen LogP contribution in [-0.2, 0) is 10.1 Å². The standard InChI is InChI=1S/C17H12Br2ClNO4S/c1-2-24-15-8-10(5-6-14(15)20)26(22,23)25-17-13(19)9-12(18)11-4-3-7-21-16(11)17/h3-9H,2H2,1H3. The number of hydrogen-bond acceptors (Lipinski definition) is 5. The molecule has 136 valence electrons. The molecule has 0 fully saturated rings. The zero-order valence-electron chi connectivity index (χ0n) is 13.4. The Hall–Kier alpha value is -1.35. The number of halogens is 3. The van der Waals surface area contributed by atoms with Gasteiger partial charge in [0.05, 0.1) is 16.1 Å². The summed E-state index contributed by atoms with van der Waals surface area (Å²) in [4.78, 5) is 4.18. The van der Waals surface area contributed by atoms with Crippen molar-refractivity contribution >= 4 is 64.5 Å². The van der Waals surface area contributed by atoms with Crippen LogP contribution in [0.15, 0.2) is 56.4 Å². The van der Waals surface area contributed by atoms with Crippen molar-refractivity contribution in [3.8, 4) is 11.5 Å². The first kappa shape index (κ1) is 19.4. The van der Waals surface area contributed by atoms with Crippen molar-refractivity contribution in [3.63, 3.8) is 0 Å². The molecule has 0 aliphatic rings. The molecular formula is C17H12Br2ClNO4S. The second kappa shape index (κ2) is 7.72. The summed E-state index contributed by atoms with van der Waals surface area (Å²) >= 11 is 12.8. The first-order valence-corrected chi connectivity index (χ1v) is 10.8. The first-order chi connectivity index (χ1) is 12.3. The fourth-order valence-corrected chi connectivity index (χ4v) is 4.89. The number of ether oxygens (including phenoxy) is 1. The number of pyridine rings is 1. The van der Waals surface area contributed by atoms with Gasteiger partial charge in [-0.3, -0.25) is 4.98 Å². The topological polar surface area (TPSA) is 65.5 Å². The Balaban J connectivity index is 2.09. The van der Waals surface area contributed by atoms with Gasteiger partial charge < -0.3 is 8.92 Å². The van der Waals surface area contributed by atoms with E-state index < -0.39 is 10.1 Å². The maximum absolute atomic E-state index is 12.8. The van der Waals surface area contributed by atoms with Crippen molar-refractivity contribution in [3.05, 3.63) is 56.6 Å². The van der Waals surface area contributed by atoms with E-state index in [4.69, 9.17) is 20.5 Å². The van der Waals surface area contributed by atoms with Crippen molar-refractivity contribution in [2.45, 2.75) is 11.8 Å². The van der Waals surface area contributed by atoms with Gasteiger partial charge in [0.15, 0.2) is 5.75 Å². The summed E-state index contributed by atoms with van der Waals surface area (Å²) in [6, 6.07) is 9.44. The lowest BCUT2D eigenvalue weighted by atomic mass is 10.2. The fraction of sp³-hybridized carbons (Fsp3) is 0.118. The van der Waals surface area contributed by atoms with Crippen LogP contribution in [0, 0.1) is 0 Å². The van der Waals surface area contributed by atoms with Crippen LogP contribution < -0.4 is 8.92 Å². The third kappa shape index (κ3) is 3.83. The number of nitrogens with zero attached hydrogens (tertiary/aromatic N) is 1. The summed E-state index contributed by atoms with van der Waals surface area (Å²) in [6.07, 6.45) is 1.57. The van der Waals surface area contributed by atoms with Crippen LogP contribution in [0.5, 0.6) is 11.5 Å². The van der Waals surface area contributed by atoms with Crippen LogP contribution in [-0.4, -0.2) is 20.0 Å². The molecule has 0 bridgehead atoms. The van der Waals surface area contributed by atoms with Gasteiger partial charge in [0.25, 0.3) is 0 Å². The minimum atomic E-state index is -4.12. The van der Waals surface area contributed by atoms with Crippen LogP contribution in [0.2, 0.25) is 5.02 Å². The minimum absolute atomic E-state index is 0.0655. The fourth-order valence-electron chi connectivity index (χ4n) is 2.29. The summed E-state index contributed by atoms with van der Waals surface area (Å²) in [5.41, 5.74) is 0.413. The van der Waals surface area contributed by atoms with Gasteiger partial charge in [-0.25, -0.2) is 0 Å². The molecule has 3 rings (SSSR count). The molecular weight excluding hydrogens is 510 g/mol. The molecule has 9 heteroatoms. The Labute approximate surface area is 172 Å². The summed E-state index contributed by atoms with van der Waals surface area (Å²) in [7, 11) is -4.12. The van der Waals surface area contributed by atoms with E-state index in [0.717, 1.165) is 9.86 Å². The molecule has 26 heavy (non-hydrogen) atoms. The Bertz CT molecular complexity index is 1090. The molecule has 0 saturated carbocycles. The molecule has 0 N–H and O–H groups in total. The van der Waals surface area contributed by atoms with Gasteiger partial charge in [-0.05, 0) is 47.1 Å². The zero-order chi connectivity index (χ0) is 18.9.